The van der Waals surface area contributed by atoms with Crippen LogP contribution in [0.5, 0.6) is 0 Å². The monoisotopic (exact) mass is 165 g/mol. The summed E-state index contributed by atoms with van der Waals surface area (Å²) in [7, 11) is 0. The minimum atomic E-state index is 0.999. The van der Waals surface area contributed by atoms with E-state index >= 15 is 0 Å². The smallest absolute Gasteiger partial charge is 0.0130 e. The molecule has 0 radical (unpaired) electrons. The zero-order valence-corrected chi connectivity index (χ0v) is 8.00. The maximum Gasteiger partial charge on any atom is 0.0130 e. The highest BCUT2D eigenvalue weighted by atomic mass is 15.2. The van der Waals surface area contributed by atoms with E-state index in [0.29, 0.717) is 0 Å². The fraction of sp³-hybridized carbons (Fsp3) is 1.00. The van der Waals surface area contributed by atoms with Crippen LogP contribution >= 0.6 is 0 Å². The van der Waals surface area contributed by atoms with Crippen molar-refractivity contribution in [1.29, 1.82) is 0 Å². The van der Waals surface area contributed by atoms with Crippen molar-refractivity contribution in [2.24, 2.45) is 11.8 Å². The molecule has 12 heavy (non-hydrogen) atoms. The number of rotatable bonds is 0. The molecule has 0 aromatic rings. The molecule has 4 atom stereocenters. The second-order valence-electron chi connectivity index (χ2n) is 5.06. The highest BCUT2D eigenvalue weighted by molar-refractivity contribution is 5.01. The summed E-state index contributed by atoms with van der Waals surface area (Å²) in [4.78, 5) is 2.83. The average molecular weight is 165 g/mol. The Balaban J connectivity index is 1.88. The van der Waals surface area contributed by atoms with E-state index in [1.165, 1.54) is 38.6 Å². The van der Waals surface area contributed by atoms with Gasteiger partial charge in [0.05, 0.1) is 0 Å². The Hall–Kier alpha value is -0.0400. The van der Waals surface area contributed by atoms with Gasteiger partial charge in [-0.05, 0) is 50.5 Å². The molecule has 1 heteroatoms. The third-order valence-electron chi connectivity index (χ3n) is 4.54. The molecule has 4 unspecified atom stereocenters. The molecule has 2 saturated heterocycles. The summed E-state index contributed by atoms with van der Waals surface area (Å²) in [6.07, 6.45) is 7.51. The molecule has 1 saturated carbocycles. The predicted octanol–water partition coefficient (Wildman–Crippen LogP) is 2.27. The number of fused-ring (bicyclic) bond motifs is 5. The van der Waals surface area contributed by atoms with Crippen LogP contribution < -0.4 is 0 Å². The Kier molecular flexibility index (Phi) is 1.52. The summed E-state index contributed by atoms with van der Waals surface area (Å²) in [5.41, 5.74) is 0. The molecule has 68 valence electrons. The van der Waals surface area contributed by atoms with Gasteiger partial charge >= 0.3 is 0 Å². The predicted molar refractivity (Wildman–Crippen MR) is 50.0 cm³/mol. The Labute approximate surface area is 75.1 Å². The SMILES string of the molecule is CC1CCC2CC1C1CCCN21. The van der Waals surface area contributed by atoms with Crippen LogP contribution in [-0.2, 0) is 0 Å². The van der Waals surface area contributed by atoms with Crippen LogP contribution in [0.3, 0.4) is 0 Å². The number of hydrogen-bond donors (Lipinski definition) is 0. The first-order valence-corrected chi connectivity index (χ1v) is 5.62. The molecule has 0 spiro atoms. The maximum atomic E-state index is 2.83. The van der Waals surface area contributed by atoms with E-state index in [1.54, 1.807) is 0 Å². The molecule has 0 amide bonds. The van der Waals surface area contributed by atoms with Gasteiger partial charge in [0, 0.05) is 12.1 Å². The van der Waals surface area contributed by atoms with Crippen LogP contribution in [0.2, 0.25) is 0 Å². The second kappa shape index (κ2) is 2.47. The molecule has 0 N–H and O–H groups in total. The van der Waals surface area contributed by atoms with E-state index in [9.17, 15) is 0 Å². The maximum absolute atomic E-state index is 2.83. The van der Waals surface area contributed by atoms with Gasteiger partial charge in [0.25, 0.3) is 0 Å². The lowest BCUT2D eigenvalue weighted by atomic mass is 9.78. The lowest BCUT2D eigenvalue weighted by Crippen LogP contribution is -2.30. The van der Waals surface area contributed by atoms with Crippen molar-refractivity contribution in [3.8, 4) is 0 Å². The van der Waals surface area contributed by atoms with Gasteiger partial charge in [-0.1, -0.05) is 6.92 Å². The van der Waals surface area contributed by atoms with E-state index in [2.05, 4.69) is 11.8 Å². The van der Waals surface area contributed by atoms with Gasteiger partial charge in [-0.3, -0.25) is 4.90 Å². The van der Waals surface area contributed by atoms with Crippen LogP contribution in [0.15, 0.2) is 0 Å². The molecule has 1 aliphatic carbocycles. The molecular formula is C11H19N. The van der Waals surface area contributed by atoms with Crippen molar-refractivity contribution in [3.05, 3.63) is 0 Å². The normalized spacial score (nSPS) is 52.8. The fourth-order valence-corrected chi connectivity index (χ4v) is 3.90. The van der Waals surface area contributed by atoms with E-state index in [0.717, 1.165) is 23.9 Å². The second-order valence-corrected chi connectivity index (χ2v) is 5.06. The minimum Gasteiger partial charge on any atom is -0.297 e. The quantitative estimate of drug-likeness (QED) is 0.532. The van der Waals surface area contributed by atoms with Crippen molar-refractivity contribution >= 4 is 0 Å². The topological polar surface area (TPSA) is 3.24 Å². The van der Waals surface area contributed by atoms with Gasteiger partial charge in [0.15, 0.2) is 0 Å². The van der Waals surface area contributed by atoms with Crippen LogP contribution in [0.4, 0.5) is 0 Å². The Bertz CT molecular complexity index is 189. The Morgan fingerprint density at radius 2 is 2.08 bits per heavy atom. The minimum absolute atomic E-state index is 0.999. The standard InChI is InChI=1S/C11H19N/c1-8-4-5-9-7-10(8)11-3-2-6-12(9)11/h8-11H,2-7H2,1H3. The summed E-state index contributed by atoms with van der Waals surface area (Å²) in [5, 5.41) is 0. The molecule has 2 bridgehead atoms. The summed E-state index contributed by atoms with van der Waals surface area (Å²) in [6.45, 7) is 3.89. The third kappa shape index (κ3) is 0.834. The zero-order valence-electron chi connectivity index (χ0n) is 8.00. The van der Waals surface area contributed by atoms with Crippen molar-refractivity contribution in [2.75, 3.05) is 6.54 Å². The van der Waals surface area contributed by atoms with Crippen LogP contribution in [0, 0.1) is 11.8 Å². The lowest BCUT2D eigenvalue weighted by Gasteiger charge is -2.26. The van der Waals surface area contributed by atoms with Crippen LogP contribution in [-0.4, -0.2) is 23.5 Å². The summed E-state index contributed by atoms with van der Waals surface area (Å²) < 4.78 is 0. The van der Waals surface area contributed by atoms with Crippen molar-refractivity contribution in [1.82, 2.24) is 4.90 Å². The van der Waals surface area contributed by atoms with E-state index in [1.807, 2.05) is 0 Å². The lowest BCUT2D eigenvalue weighted by molar-refractivity contribution is 0.240. The molecule has 3 rings (SSSR count). The van der Waals surface area contributed by atoms with Gasteiger partial charge in [0.2, 0.25) is 0 Å². The molecule has 1 nitrogen and oxygen atoms in total. The van der Waals surface area contributed by atoms with E-state index in [-0.39, 0.29) is 0 Å². The van der Waals surface area contributed by atoms with Crippen molar-refractivity contribution in [2.45, 2.75) is 51.1 Å². The van der Waals surface area contributed by atoms with Gasteiger partial charge in [-0.25, -0.2) is 0 Å². The average Bonchev–Trinajstić information content (AvgIpc) is 2.59. The molecule has 3 aliphatic rings. The summed E-state index contributed by atoms with van der Waals surface area (Å²) in [6, 6.07) is 2.01. The van der Waals surface area contributed by atoms with Crippen molar-refractivity contribution in [3.63, 3.8) is 0 Å². The van der Waals surface area contributed by atoms with Gasteiger partial charge in [0.1, 0.15) is 0 Å². The highest BCUT2D eigenvalue weighted by Crippen LogP contribution is 2.47. The first kappa shape index (κ1) is 7.37. The van der Waals surface area contributed by atoms with E-state index < -0.39 is 0 Å². The third-order valence-corrected chi connectivity index (χ3v) is 4.54. The molecule has 2 aliphatic heterocycles. The molecule has 2 heterocycles. The van der Waals surface area contributed by atoms with Crippen LogP contribution in [0.25, 0.3) is 0 Å². The Morgan fingerprint density at radius 1 is 1.17 bits per heavy atom. The van der Waals surface area contributed by atoms with E-state index in [4.69, 9.17) is 0 Å². The molecule has 3 fully saturated rings. The number of nitrogens with zero attached hydrogens (tertiary/aromatic N) is 1. The fourth-order valence-electron chi connectivity index (χ4n) is 3.90. The summed E-state index contributed by atoms with van der Waals surface area (Å²) in [5.74, 6) is 2.10. The first-order valence-electron chi connectivity index (χ1n) is 5.62. The molecule has 0 aromatic heterocycles. The first-order chi connectivity index (χ1) is 5.86. The highest BCUT2D eigenvalue weighted by Gasteiger charge is 2.47. The zero-order chi connectivity index (χ0) is 8.13. The largest absolute Gasteiger partial charge is 0.297 e. The van der Waals surface area contributed by atoms with Gasteiger partial charge in [-0.2, -0.15) is 0 Å². The Morgan fingerprint density at radius 3 is 3.00 bits per heavy atom. The molecular weight excluding hydrogens is 146 g/mol. The van der Waals surface area contributed by atoms with Gasteiger partial charge < -0.3 is 0 Å². The molecule has 0 aromatic carbocycles. The number of hydrogen-bond acceptors (Lipinski definition) is 1. The van der Waals surface area contributed by atoms with Gasteiger partial charge in [-0.15, -0.1) is 0 Å². The van der Waals surface area contributed by atoms with Crippen LogP contribution in [0.1, 0.15) is 39.0 Å². The van der Waals surface area contributed by atoms with Crippen molar-refractivity contribution < 1.29 is 0 Å². The summed E-state index contributed by atoms with van der Waals surface area (Å²) >= 11 is 0.